The summed E-state index contributed by atoms with van der Waals surface area (Å²) in [5, 5.41) is 15.8. The number of nitro groups is 1. The summed E-state index contributed by atoms with van der Waals surface area (Å²) in [5.74, 6) is -0.497. The molecule has 0 atom stereocenters. The molecule has 0 aliphatic carbocycles. The maximum Gasteiger partial charge on any atom is 0.270 e. The third kappa shape index (κ3) is 4.65. The van der Waals surface area contributed by atoms with E-state index in [-0.39, 0.29) is 16.3 Å². The summed E-state index contributed by atoms with van der Waals surface area (Å²) < 4.78 is 0.951. The molecule has 1 aromatic heterocycles. The summed E-state index contributed by atoms with van der Waals surface area (Å²) in [6.07, 6.45) is 0. The van der Waals surface area contributed by atoms with Crippen LogP contribution in [0.2, 0.25) is 5.02 Å². The number of aryl methyl sites for hydroxylation is 2. The van der Waals surface area contributed by atoms with E-state index in [1.165, 1.54) is 18.2 Å². The van der Waals surface area contributed by atoms with Gasteiger partial charge in [-0.3, -0.25) is 14.9 Å². The van der Waals surface area contributed by atoms with Crippen molar-refractivity contribution >= 4 is 52.0 Å². The van der Waals surface area contributed by atoms with Crippen LogP contribution in [0.5, 0.6) is 0 Å². The molecular weight excluding hydrogens is 406 g/mol. The highest BCUT2D eigenvalue weighted by atomic mass is 35.5. The van der Waals surface area contributed by atoms with Gasteiger partial charge in [-0.05, 0) is 43.7 Å². The number of anilines is 1. The van der Waals surface area contributed by atoms with Crippen molar-refractivity contribution in [2.75, 3.05) is 5.32 Å². The maximum atomic E-state index is 12.5. The number of amides is 1. The van der Waals surface area contributed by atoms with Gasteiger partial charge in [0.15, 0.2) is 4.34 Å². The normalized spacial score (nSPS) is 10.6. The van der Waals surface area contributed by atoms with Gasteiger partial charge in [0.1, 0.15) is 0 Å². The minimum Gasteiger partial charge on any atom is -0.322 e. The summed E-state index contributed by atoms with van der Waals surface area (Å²) in [7, 11) is 0. The molecule has 0 fully saturated rings. The van der Waals surface area contributed by atoms with Crippen LogP contribution in [-0.2, 0) is 0 Å². The number of nitrogens with one attached hydrogen (secondary N) is 1. The van der Waals surface area contributed by atoms with Crippen LogP contribution < -0.4 is 5.32 Å². The van der Waals surface area contributed by atoms with Gasteiger partial charge >= 0.3 is 0 Å². The van der Waals surface area contributed by atoms with E-state index >= 15 is 0 Å². The third-order valence-corrected chi connectivity index (χ3v) is 6.03. The lowest BCUT2D eigenvalue weighted by molar-refractivity contribution is -0.384. The second-order valence-electron chi connectivity index (χ2n) is 5.71. The Hall–Kier alpha value is -2.42. The Morgan fingerprint density at radius 3 is 2.67 bits per heavy atom. The number of thiazole rings is 1. The van der Waals surface area contributed by atoms with Crippen molar-refractivity contribution < 1.29 is 9.72 Å². The zero-order chi connectivity index (χ0) is 19.6. The molecule has 0 saturated heterocycles. The quantitative estimate of drug-likeness (QED) is 0.422. The second kappa shape index (κ2) is 8.08. The minimum atomic E-state index is -0.565. The number of hydrogen-bond acceptors (Lipinski definition) is 6. The monoisotopic (exact) mass is 419 g/mol. The predicted molar refractivity (Wildman–Crippen MR) is 108 cm³/mol. The third-order valence-electron chi connectivity index (χ3n) is 3.65. The summed E-state index contributed by atoms with van der Waals surface area (Å²) in [5.41, 5.74) is 2.33. The molecule has 0 unspecified atom stereocenters. The van der Waals surface area contributed by atoms with E-state index in [9.17, 15) is 14.9 Å². The zero-order valence-electron chi connectivity index (χ0n) is 14.4. The molecule has 0 aliphatic rings. The van der Waals surface area contributed by atoms with E-state index in [1.54, 1.807) is 29.2 Å². The van der Waals surface area contributed by atoms with Crippen molar-refractivity contribution in [3.05, 3.63) is 73.7 Å². The van der Waals surface area contributed by atoms with Crippen molar-refractivity contribution in [1.29, 1.82) is 0 Å². The first-order chi connectivity index (χ1) is 12.8. The molecule has 0 saturated carbocycles. The van der Waals surface area contributed by atoms with E-state index in [2.05, 4.69) is 10.3 Å². The summed E-state index contributed by atoms with van der Waals surface area (Å²) in [4.78, 5) is 28.3. The molecule has 0 bridgehead atoms. The van der Waals surface area contributed by atoms with Crippen LogP contribution in [0, 0.1) is 24.0 Å². The predicted octanol–water partition coefficient (Wildman–Crippen LogP) is 5.73. The summed E-state index contributed by atoms with van der Waals surface area (Å²) in [6, 6.07) is 9.41. The van der Waals surface area contributed by atoms with E-state index < -0.39 is 10.8 Å². The van der Waals surface area contributed by atoms with Crippen molar-refractivity contribution in [3.8, 4) is 0 Å². The molecule has 27 heavy (non-hydrogen) atoms. The van der Waals surface area contributed by atoms with Gasteiger partial charge in [0.05, 0.1) is 15.5 Å². The number of non-ortho nitro benzene ring substituents is 1. The van der Waals surface area contributed by atoms with Crippen molar-refractivity contribution in [2.45, 2.75) is 23.1 Å². The molecular formula is C18H14ClN3O3S2. The van der Waals surface area contributed by atoms with Crippen LogP contribution in [0.25, 0.3) is 0 Å². The number of hydrogen-bond donors (Lipinski definition) is 1. The summed E-state index contributed by atoms with van der Waals surface area (Å²) in [6.45, 7) is 3.82. The van der Waals surface area contributed by atoms with Gasteiger partial charge in [-0.2, -0.15) is 0 Å². The second-order valence-corrected chi connectivity index (χ2v) is 8.29. The van der Waals surface area contributed by atoms with E-state index in [0.29, 0.717) is 5.69 Å². The van der Waals surface area contributed by atoms with Gasteiger partial charge < -0.3 is 5.32 Å². The topological polar surface area (TPSA) is 85.1 Å². The number of carbonyl (C=O) groups is 1. The Kier molecular flexibility index (Phi) is 5.79. The average molecular weight is 420 g/mol. The number of rotatable bonds is 5. The highest BCUT2D eigenvalue weighted by molar-refractivity contribution is 8.01. The molecule has 6 nitrogen and oxygen atoms in total. The fraction of sp³-hybridized carbons (Fsp3) is 0.111. The fourth-order valence-electron chi connectivity index (χ4n) is 2.31. The summed E-state index contributed by atoms with van der Waals surface area (Å²) >= 11 is 9.16. The molecule has 138 valence electrons. The van der Waals surface area contributed by atoms with Gasteiger partial charge in [-0.1, -0.05) is 23.4 Å². The SMILES string of the molecule is Cc1csc(Sc2ccc(NC(=O)c3cc([N+](=O)[O-])ccc3Cl)c(C)c2)n1. The van der Waals surface area contributed by atoms with E-state index in [1.807, 2.05) is 31.4 Å². The molecule has 0 aliphatic heterocycles. The fourth-order valence-corrected chi connectivity index (χ4v) is 4.42. The lowest BCUT2D eigenvalue weighted by Gasteiger charge is -2.10. The molecule has 1 heterocycles. The minimum absolute atomic E-state index is 0.0574. The molecule has 2 aromatic carbocycles. The maximum absolute atomic E-state index is 12.5. The number of benzene rings is 2. The standard InChI is InChI=1S/C18H14ClN3O3S2/c1-10-7-13(27-18-20-11(2)9-26-18)4-6-16(10)21-17(23)14-8-12(22(24)25)3-5-15(14)19/h3-9H,1-2H3,(H,21,23). The Labute approximate surface area is 168 Å². The Morgan fingerprint density at radius 2 is 2.04 bits per heavy atom. The number of nitro benzene ring substituents is 1. The number of carbonyl (C=O) groups excluding carboxylic acids is 1. The Balaban J connectivity index is 1.78. The smallest absolute Gasteiger partial charge is 0.270 e. The Bertz CT molecular complexity index is 1040. The molecule has 1 amide bonds. The van der Waals surface area contributed by atoms with Crippen LogP contribution in [0.3, 0.4) is 0 Å². The van der Waals surface area contributed by atoms with Crippen LogP contribution >= 0.6 is 34.7 Å². The van der Waals surface area contributed by atoms with Crippen LogP contribution in [0.15, 0.2) is 51.0 Å². The zero-order valence-corrected chi connectivity index (χ0v) is 16.7. The number of aromatic nitrogens is 1. The first kappa shape index (κ1) is 19.3. The van der Waals surface area contributed by atoms with Gasteiger partial charge in [0.2, 0.25) is 0 Å². The van der Waals surface area contributed by atoms with Gasteiger partial charge in [-0.15, -0.1) is 11.3 Å². The number of nitrogens with zero attached hydrogens (tertiary/aromatic N) is 2. The van der Waals surface area contributed by atoms with Crippen LogP contribution in [0.4, 0.5) is 11.4 Å². The van der Waals surface area contributed by atoms with E-state index in [4.69, 9.17) is 11.6 Å². The molecule has 0 radical (unpaired) electrons. The van der Waals surface area contributed by atoms with Crippen molar-refractivity contribution in [1.82, 2.24) is 4.98 Å². The lowest BCUT2D eigenvalue weighted by atomic mass is 10.1. The first-order valence-corrected chi connectivity index (χ1v) is 9.87. The first-order valence-electron chi connectivity index (χ1n) is 7.79. The highest BCUT2D eigenvalue weighted by Crippen LogP contribution is 2.32. The highest BCUT2D eigenvalue weighted by Gasteiger charge is 2.17. The Morgan fingerprint density at radius 1 is 1.26 bits per heavy atom. The van der Waals surface area contributed by atoms with Gasteiger partial charge in [0, 0.05) is 33.8 Å². The van der Waals surface area contributed by atoms with Gasteiger partial charge in [-0.25, -0.2) is 4.98 Å². The number of halogens is 1. The van der Waals surface area contributed by atoms with Crippen LogP contribution in [-0.4, -0.2) is 15.8 Å². The van der Waals surface area contributed by atoms with E-state index in [0.717, 1.165) is 20.5 Å². The van der Waals surface area contributed by atoms with Gasteiger partial charge in [0.25, 0.3) is 11.6 Å². The molecule has 3 aromatic rings. The molecule has 0 spiro atoms. The molecule has 1 N–H and O–H groups in total. The van der Waals surface area contributed by atoms with Crippen LogP contribution in [0.1, 0.15) is 21.6 Å². The van der Waals surface area contributed by atoms with Crippen molar-refractivity contribution in [3.63, 3.8) is 0 Å². The average Bonchev–Trinajstić information content (AvgIpc) is 3.02. The largest absolute Gasteiger partial charge is 0.322 e. The molecule has 9 heteroatoms. The van der Waals surface area contributed by atoms with Crippen molar-refractivity contribution in [2.24, 2.45) is 0 Å². The molecule has 3 rings (SSSR count). The lowest BCUT2D eigenvalue weighted by Crippen LogP contribution is -2.13.